The van der Waals surface area contributed by atoms with E-state index >= 15 is 0 Å². The van der Waals surface area contributed by atoms with Crippen molar-refractivity contribution in [2.75, 3.05) is 0 Å². The number of carbonyl (C=O) groups is 2. The standard InChI is InChI=1S/C23H34O3/c1-22-12-10-15(4-3-5-21(25)26)14-16(22)6-7-17-18-8-9-20(24)23(18,2)13-11-19(17)22/h4,16-19H,3,5-14H2,1-2H3,(H,25,26)/b15-4+/t16?,17?,18?,19?,22-,23-/m0/s1. The van der Waals surface area contributed by atoms with Crippen LogP contribution in [0.25, 0.3) is 0 Å². The van der Waals surface area contributed by atoms with Gasteiger partial charge in [-0.2, -0.15) is 0 Å². The Balaban J connectivity index is 1.49. The zero-order valence-electron chi connectivity index (χ0n) is 16.4. The molecule has 4 unspecified atom stereocenters. The van der Waals surface area contributed by atoms with Gasteiger partial charge in [0.25, 0.3) is 0 Å². The molecule has 0 saturated heterocycles. The predicted molar refractivity (Wildman–Crippen MR) is 102 cm³/mol. The summed E-state index contributed by atoms with van der Waals surface area (Å²) < 4.78 is 0. The Morgan fingerprint density at radius 3 is 2.69 bits per heavy atom. The Morgan fingerprint density at radius 2 is 1.92 bits per heavy atom. The number of hydrogen-bond donors (Lipinski definition) is 1. The number of carboxylic acid groups (broad SMARTS) is 1. The molecule has 4 fully saturated rings. The highest BCUT2D eigenvalue weighted by molar-refractivity contribution is 5.87. The van der Waals surface area contributed by atoms with Crippen LogP contribution in [0.3, 0.4) is 0 Å². The highest BCUT2D eigenvalue weighted by Gasteiger charge is 2.59. The fourth-order valence-corrected chi connectivity index (χ4v) is 7.46. The fourth-order valence-electron chi connectivity index (χ4n) is 7.46. The van der Waals surface area contributed by atoms with Crippen LogP contribution in [0.1, 0.15) is 84.5 Å². The van der Waals surface area contributed by atoms with Crippen LogP contribution in [0.2, 0.25) is 0 Å². The predicted octanol–water partition coefficient (Wildman–Crippen LogP) is 5.39. The zero-order chi connectivity index (χ0) is 18.5. The fraction of sp³-hybridized carbons (Fsp3) is 0.826. The van der Waals surface area contributed by atoms with E-state index in [4.69, 9.17) is 5.11 Å². The highest BCUT2D eigenvalue weighted by atomic mass is 16.4. The summed E-state index contributed by atoms with van der Waals surface area (Å²) in [5, 5.41) is 8.86. The molecule has 4 rings (SSSR count). The van der Waals surface area contributed by atoms with Gasteiger partial charge >= 0.3 is 5.97 Å². The summed E-state index contributed by atoms with van der Waals surface area (Å²) in [6, 6.07) is 0. The van der Waals surface area contributed by atoms with Gasteiger partial charge in [0, 0.05) is 18.3 Å². The van der Waals surface area contributed by atoms with Gasteiger partial charge in [-0.1, -0.05) is 25.5 Å². The lowest BCUT2D eigenvalue weighted by atomic mass is 9.45. The average Bonchev–Trinajstić information content (AvgIpc) is 2.90. The third-order valence-electron chi connectivity index (χ3n) is 9.06. The summed E-state index contributed by atoms with van der Waals surface area (Å²) in [7, 11) is 0. The molecule has 0 aromatic carbocycles. The molecule has 3 nitrogen and oxygen atoms in total. The van der Waals surface area contributed by atoms with Gasteiger partial charge in [-0.25, -0.2) is 0 Å². The van der Waals surface area contributed by atoms with E-state index in [-0.39, 0.29) is 11.8 Å². The summed E-state index contributed by atoms with van der Waals surface area (Å²) in [5.41, 5.74) is 1.92. The first-order chi connectivity index (χ1) is 12.3. The van der Waals surface area contributed by atoms with Crippen molar-refractivity contribution in [1.82, 2.24) is 0 Å². The topological polar surface area (TPSA) is 54.4 Å². The molecular weight excluding hydrogens is 324 g/mol. The second kappa shape index (κ2) is 6.49. The zero-order valence-corrected chi connectivity index (χ0v) is 16.4. The van der Waals surface area contributed by atoms with E-state index < -0.39 is 5.97 Å². The molecule has 4 saturated carbocycles. The monoisotopic (exact) mass is 358 g/mol. The molecule has 4 aliphatic carbocycles. The molecule has 6 atom stereocenters. The van der Waals surface area contributed by atoms with Gasteiger partial charge in [0.15, 0.2) is 0 Å². The number of ketones is 1. The smallest absolute Gasteiger partial charge is 0.303 e. The second-order valence-corrected chi connectivity index (χ2v) is 10.1. The van der Waals surface area contributed by atoms with Crippen molar-refractivity contribution in [3.8, 4) is 0 Å². The van der Waals surface area contributed by atoms with Crippen molar-refractivity contribution in [1.29, 1.82) is 0 Å². The van der Waals surface area contributed by atoms with Crippen molar-refractivity contribution in [2.24, 2.45) is 34.5 Å². The van der Waals surface area contributed by atoms with Crippen LogP contribution in [0.5, 0.6) is 0 Å². The Labute approximate surface area is 157 Å². The lowest BCUT2D eigenvalue weighted by Crippen LogP contribution is -2.53. The maximum atomic E-state index is 12.5. The summed E-state index contributed by atoms with van der Waals surface area (Å²) >= 11 is 0. The van der Waals surface area contributed by atoms with E-state index in [0.717, 1.165) is 43.4 Å². The third kappa shape index (κ3) is 2.77. The number of carboxylic acids is 1. The number of allylic oxidation sites excluding steroid dienone is 2. The third-order valence-corrected chi connectivity index (χ3v) is 9.06. The molecule has 1 N–H and O–H groups in total. The first kappa shape index (κ1) is 18.3. The molecule has 0 aliphatic heterocycles. The molecular formula is C23H34O3. The van der Waals surface area contributed by atoms with Gasteiger partial charge in [0.05, 0.1) is 0 Å². The summed E-state index contributed by atoms with van der Waals surface area (Å²) in [4.78, 5) is 23.3. The van der Waals surface area contributed by atoms with Crippen molar-refractivity contribution in [3.05, 3.63) is 11.6 Å². The summed E-state index contributed by atoms with van der Waals surface area (Å²) in [6.45, 7) is 4.81. The van der Waals surface area contributed by atoms with Crippen LogP contribution in [-0.4, -0.2) is 16.9 Å². The number of hydrogen-bond acceptors (Lipinski definition) is 2. The van der Waals surface area contributed by atoms with Gasteiger partial charge in [0.1, 0.15) is 5.78 Å². The molecule has 0 heterocycles. The number of fused-ring (bicyclic) bond motifs is 5. The second-order valence-electron chi connectivity index (χ2n) is 10.1. The Kier molecular flexibility index (Phi) is 4.56. The van der Waals surface area contributed by atoms with Crippen molar-refractivity contribution >= 4 is 11.8 Å². The molecule has 0 amide bonds. The Morgan fingerprint density at radius 1 is 1.12 bits per heavy atom. The lowest BCUT2D eigenvalue weighted by Gasteiger charge is -2.59. The normalized spacial score (nSPS) is 46.5. The van der Waals surface area contributed by atoms with E-state index in [0.29, 0.717) is 23.5 Å². The number of aliphatic carboxylic acids is 1. The molecule has 0 bridgehead atoms. The minimum Gasteiger partial charge on any atom is -0.481 e. The molecule has 26 heavy (non-hydrogen) atoms. The Bertz CT molecular complexity index is 635. The van der Waals surface area contributed by atoms with Crippen molar-refractivity contribution in [3.63, 3.8) is 0 Å². The van der Waals surface area contributed by atoms with Crippen LogP contribution in [0, 0.1) is 34.5 Å². The maximum absolute atomic E-state index is 12.5. The van der Waals surface area contributed by atoms with Crippen molar-refractivity contribution < 1.29 is 14.7 Å². The largest absolute Gasteiger partial charge is 0.481 e. The average molecular weight is 359 g/mol. The number of rotatable bonds is 3. The molecule has 0 radical (unpaired) electrons. The highest BCUT2D eigenvalue weighted by Crippen LogP contribution is 2.65. The minimum atomic E-state index is -0.695. The molecule has 4 aliphatic rings. The maximum Gasteiger partial charge on any atom is 0.303 e. The van der Waals surface area contributed by atoms with Crippen LogP contribution < -0.4 is 0 Å². The SMILES string of the molecule is C[C@]12CC/C(=C\CCC(=O)O)CC1CCC1C2CC[C@]2(C)C(=O)CCC12. The van der Waals surface area contributed by atoms with Crippen LogP contribution in [0.4, 0.5) is 0 Å². The number of carbonyl (C=O) groups excluding carboxylic acids is 1. The first-order valence-corrected chi connectivity index (χ1v) is 10.8. The van der Waals surface area contributed by atoms with Crippen LogP contribution in [0.15, 0.2) is 11.6 Å². The summed E-state index contributed by atoms with van der Waals surface area (Å²) in [5.74, 6) is 2.80. The quantitative estimate of drug-likeness (QED) is 0.688. The van der Waals surface area contributed by atoms with Gasteiger partial charge in [-0.05, 0) is 86.9 Å². The van der Waals surface area contributed by atoms with Gasteiger partial charge in [0.2, 0.25) is 0 Å². The first-order valence-electron chi connectivity index (χ1n) is 10.8. The molecule has 0 aromatic heterocycles. The van der Waals surface area contributed by atoms with Crippen LogP contribution in [-0.2, 0) is 9.59 Å². The van der Waals surface area contributed by atoms with E-state index in [1.54, 1.807) is 0 Å². The minimum absolute atomic E-state index is 0.0130. The molecule has 144 valence electrons. The van der Waals surface area contributed by atoms with E-state index in [1.165, 1.54) is 37.7 Å². The van der Waals surface area contributed by atoms with E-state index in [9.17, 15) is 9.59 Å². The Hall–Kier alpha value is -1.12. The summed E-state index contributed by atoms with van der Waals surface area (Å²) in [6.07, 6.45) is 13.7. The molecule has 3 heteroatoms. The lowest BCUT2D eigenvalue weighted by molar-refractivity contribution is -0.137. The van der Waals surface area contributed by atoms with E-state index in [2.05, 4.69) is 19.9 Å². The molecule has 0 aromatic rings. The molecule has 0 spiro atoms. The van der Waals surface area contributed by atoms with Crippen molar-refractivity contribution in [2.45, 2.75) is 84.5 Å². The van der Waals surface area contributed by atoms with Crippen LogP contribution >= 0.6 is 0 Å². The number of Topliss-reactive ketones (excluding diaryl/α,β-unsaturated/α-hetero) is 1. The van der Waals surface area contributed by atoms with Gasteiger partial charge in [-0.15, -0.1) is 0 Å². The van der Waals surface area contributed by atoms with Gasteiger partial charge in [-0.3, -0.25) is 9.59 Å². The van der Waals surface area contributed by atoms with Gasteiger partial charge < -0.3 is 5.11 Å². The van der Waals surface area contributed by atoms with E-state index in [1.807, 2.05) is 0 Å².